The minimum Gasteiger partial charge on any atom is -0.398 e. The molecule has 0 spiro atoms. The first-order valence-electron chi connectivity index (χ1n) is 3.70. The predicted molar refractivity (Wildman–Crippen MR) is 57.1 cm³/mol. The summed E-state index contributed by atoms with van der Waals surface area (Å²) in [5.41, 5.74) is 6.98. The summed E-state index contributed by atoms with van der Waals surface area (Å²) in [7, 11) is 3.96. The van der Waals surface area contributed by atoms with Gasteiger partial charge >= 0.3 is 0 Å². The van der Waals surface area contributed by atoms with Crippen molar-refractivity contribution in [1.82, 2.24) is 4.90 Å². The van der Waals surface area contributed by atoms with Crippen LogP contribution in [0.5, 0.6) is 0 Å². The molecule has 0 radical (unpaired) electrons. The Bertz CT molecular complexity index is 164. The average Bonchev–Trinajstić information content (AvgIpc) is 1.86. The van der Waals surface area contributed by atoms with Crippen molar-refractivity contribution >= 4 is 18.1 Å². The van der Waals surface area contributed by atoms with Gasteiger partial charge in [0.05, 0.1) is 5.71 Å². The van der Waals surface area contributed by atoms with Gasteiger partial charge < -0.3 is 10.6 Å². The van der Waals surface area contributed by atoms with Gasteiger partial charge in [0, 0.05) is 18.8 Å². The van der Waals surface area contributed by atoms with Gasteiger partial charge in [-0.05, 0) is 21.0 Å². The lowest BCUT2D eigenvalue weighted by Gasteiger charge is -2.11. The third-order valence-corrected chi connectivity index (χ3v) is 1.19. The highest BCUT2D eigenvalue weighted by Crippen LogP contribution is 1.89. The monoisotopic (exact) mass is 191 g/mol. The van der Waals surface area contributed by atoms with Gasteiger partial charge in [-0.15, -0.1) is 12.4 Å². The summed E-state index contributed by atoms with van der Waals surface area (Å²) < 4.78 is 0. The van der Waals surface area contributed by atoms with Crippen LogP contribution in [0.15, 0.2) is 17.3 Å². The van der Waals surface area contributed by atoms with Crippen LogP contribution in [-0.4, -0.2) is 37.8 Å². The van der Waals surface area contributed by atoms with E-state index in [-0.39, 0.29) is 12.4 Å². The zero-order chi connectivity index (χ0) is 8.85. The van der Waals surface area contributed by atoms with Gasteiger partial charge in [-0.25, -0.2) is 0 Å². The van der Waals surface area contributed by atoms with Crippen LogP contribution >= 0.6 is 12.4 Å². The maximum absolute atomic E-state index is 5.52. The van der Waals surface area contributed by atoms with Crippen molar-refractivity contribution in [3.63, 3.8) is 0 Å². The molecule has 4 heteroatoms. The Morgan fingerprint density at radius 2 is 2.00 bits per heavy atom. The maximum atomic E-state index is 5.52. The van der Waals surface area contributed by atoms with Crippen molar-refractivity contribution < 1.29 is 0 Å². The second-order valence-corrected chi connectivity index (χ2v) is 2.68. The Balaban J connectivity index is 0. The number of aliphatic imine (C=N–C) groups is 1. The molecule has 0 amide bonds. The normalized spacial score (nSPS) is 11.2. The van der Waals surface area contributed by atoms with Crippen molar-refractivity contribution in [3.05, 3.63) is 12.3 Å². The van der Waals surface area contributed by atoms with E-state index < -0.39 is 0 Å². The van der Waals surface area contributed by atoms with Gasteiger partial charge in [-0.3, -0.25) is 4.99 Å². The number of hydrogen-bond donors (Lipinski definition) is 1. The van der Waals surface area contributed by atoms with Crippen LogP contribution in [0.25, 0.3) is 0 Å². The molecule has 0 saturated heterocycles. The molecule has 0 aliphatic carbocycles. The summed E-state index contributed by atoms with van der Waals surface area (Å²) in [6.07, 6.45) is 0. The van der Waals surface area contributed by atoms with E-state index in [4.69, 9.17) is 5.73 Å². The van der Waals surface area contributed by atoms with Crippen LogP contribution in [0.1, 0.15) is 6.92 Å². The Morgan fingerprint density at radius 3 is 2.25 bits per heavy atom. The van der Waals surface area contributed by atoms with Gasteiger partial charge in [-0.1, -0.05) is 6.58 Å². The molecule has 3 nitrogen and oxygen atoms in total. The summed E-state index contributed by atoms with van der Waals surface area (Å²) >= 11 is 0. The van der Waals surface area contributed by atoms with Gasteiger partial charge in [0.1, 0.15) is 0 Å². The molecular weight excluding hydrogens is 174 g/mol. The Kier molecular flexibility index (Phi) is 8.32. The van der Waals surface area contributed by atoms with Gasteiger partial charge in [-0.2, -0.15) is 0 Å². The molecule has 0 heterocycles. The number of halogens is 1. The van der Waals surface area contributed by atoms with Crippen molar-refractivity contribution in [2.75, 3.05) is 27.2 Å². The van der Waals surface area contributed by atoms with E-state index >= 15 is 0 Å². The van der Waals surface area contributed by atoms with E-state index in [1.807, 2.05) is 25.9 Å². The highest BCUT2D eigenvalue weighted by molar-refractivity contribution is 6.00. The summed E-state index contributed by atoms with van der Waals surface area (Å²) in [5.74, 6) is 0. The van der Waals surface area contributed by atoms with Crippen molar-refractivity contribution in [2.45, 2.75) is 6.92 Å². The Hall–Kier alpha value is -0.540. The van der Waals surface area contributed by atoms with E-state index in [1.54, 1.807) is 0 Å². The minimum atomic E-state index is 0. The molecule has 0 aromatic rings. The van der Waals surface area contributed by atoms with Crippen LogP contribution in [0, 0.1) is 0 Å². The standard InChI is InChI=1S/C8H17N3.ClH/c1-5-10-8(7(2)9)6-11(3)4;/h2,5-6,9H2,1,3-4H3;1H. The number of rotatable bonds is 4. The summed E-state index contributed by atoms with van der Waals surface area (Å²) in [6, 6.07) is 0. The predicted octanol–water partition coefficient (Wildman–Crippen LogP) is 0.903. The first kappa shape index (κ1) is 14.0. The average molecular weight is 192 g/mol. The lowest BCUT2D eigenvalue weighted by atomic mass is 10.3. The van der Waals surface area contributed by atoms with Gasteiger partial charge in [0.2, 0.25) is 0 Å². The first-order valence-corrected chi connectivity index (χ1v) is 3.70. The largest absolute Gasteiger partial charge is 0.398 e. The van der Waals surface area contributed by atoms with Crippen LogP contribution in [0.2, 0.25) is 0 Å². The fraction of sp³-hybridized carbons (Fsp3) is 0.625. The SMILES string of the molecule is C=C(N)C(CN(C)C)=NCC.Cl. The van der Waals surface area contributed by atoms with Crippen molar-refractivity contribution in [3.8, 4) is 0 Å². The smallest absolute Gasteiger partial charge is 0.0710 e. The summed E-state index contributed by atoms with van der Waals surface area (Å²) in [6.45, 7) is 7.16. The second-order valence-electron chi connectivity index (χ2n) is 2.68. The van der Waals surface area contributed by atoms with E-state index in [1.165, 1.54) is 0 Å². The van der Waals surface area contributed by atoms with Crippen molar-refractivity contribution in [2.24, 2.45) is 10.7 Å². The highest BCUT2D eigenvalue weighted by atomic mass is 35.5. The Morgan fingerprint density at radius 1 is 1.50 bits per heavy atom. The third-order valence-electron chi connectivity index (χ3n) is 1.19. The molecule has 2 N–H and O–H groups in total. The van der Waals surface area contributed by atoms with Gasteiger partial charge in [0.25, 0.3) is 0 Å². The van der Waals surface area contributed by atoms with E-state index in [2.05, 4.69) is 11.6 Å². The number of nitrogens with zero attached hydrogens (tertiary/aromatic N) is 2. The minimum absolute atomic E-state index is 0. The molecule has 0 bridgehead atoms. The van der Waals surface area contributed by atoms with Crippen LogP contribution in [0.4, 0.5) is 0 Å². The molecule has 72 valence electrons. The van der Waals surface area contributed by atoms with E-state index in [0.29, 0.717) is 5.70 Å². The molecular formula is C8H18ClN3. The molecule has 0 saturated carbocycles. The highest BCUT2D eigenvalue weighted by Gasteiger charge is 2.00. The second kappa shape index (κ2) is 7.13. The molecule has 0 rings (SSSR count). The van der Waals surface area contributed by atoms with Crippen LogP contribution in [0.3, 0.4) is 0 Å². The molecule has 0 aliphatic heterocycles. The van der Waals surface area contributed by atoms with Gasteiger partial charge in [0.15, 0.2) is 0 Å². The summed E-state index contributed by atoms with van der Waals surface area (Å²) in [4.78, 5) is 6.23. The topological polar surface area (TPSA) is 41.6 Å². The number of nitrogens with two attached hydrogens (primary N) is 1. The molecule has 12 heavy (non-hydrogen) atoms. The Labute approximate surface area is 80.8 Å². The quantitative estimate of drug-likeness (QED) is 0.672. The maximum Gasteiger partial charge on any atom is 0.0710 e. The zero-order valence-corrected chi connectivity index (χ0v) is 8.82. The third kappa shape index (κ3) is 6.19. The molecule has 0 aromatic carbocycles. The first-order chi connectivity index (χ1) is 5.07. The number of hydrogen-bond acceptors (Lipinski definition) is 3. The van der Waals surface area contributed by atoms with E-state index in [9.17, 15) is 0 Å². The molecule has 0 fully saturated rings. The van der Waals surface area contributed by atoms with Crippen LogP contribution < -0.4 is 5.73 Å². The molecule has 0 aliphatic rings. The molecule has 0 unspecified atom stereocenters. The van der Waals surface area contributed by atoms with Crippen LogP contribution in [-0.2, 0) is 0 Å². The lowest BCUT2D eigenvalue weighted by Crippen LogP contribution is -2.25. The molecule has 0 atom stereocenters. The van der Waals surface area contributed by atoms with E-state index in [0.717, 1.165) is 18.8 Å². The lowest BCUT2D eigenvalue weighted by molar-refractivity contribution is 0.469. The fourth-order valence-corrected chi connectivity index (χ4v) is 0.743. The van der Waals surface area contributed by atoms with Crippen molar-refractivity contribution in [1.29, 1.82) is 0 Å². The fourth-order valence-electron chi connectivity index (χ4n) is 0.743. The summed E-state index contributed by atoms with van der Waals surface area (Å²) in [5, 5.41) is 0. The molecule has 0 aromatic heterocycles. The zero-order valence-electron chi connectivity index (χ0n) is 8.00.